The van der Waals surface area contributed by atoms with E-state index in [0.717, 1.165) is 10.3 Å². The standard InChI is InChI=1S/C10H15N3S/c11-10-12-7-6-9(13-10)14-8-4-2-1-3-5-8/h6-8H,1-5H2,(H2,11,12,13). The SMILES string of the molecule is Nc1nccc(SC2CCCCC2)n1. The molecule has 1 fully saturated rings. The lowest BCUT2D eigenvalue weighted by Gasteiger charge is -2.20. The van der Waals surface area contributed by atoms with Gasteiger partial charge < -0.3 is 5.73 Å². The van der Waals surface area contributed by atoms with E-state index in [1.54, 1.807) is 6.20 Å². The normalized spacial score (nSPS) is 18.3. The highest BCUT2D eigenvalue weighted by Gasteiger charge is 2.15. The molecule has 1 saturated carbocycles. The van der Waals surface area contributed by atoms with Gasteiger partial charge in [0.2, 0.25) is 5.95 Å². The average Bonchev–Trinajstić information content (AvgIpc) is 2.19. The van der Waals surface area contributed by atoms with Crippen molar-refractivity contribution in [2.45, 2.75) is 42.4 Å². The Bertz CT molecular complexity index is 297. The highest BCUT2D eigenvalue weighted by Crippen LogP contribution is 2.32. The average molecular weight is 209 g/mol. The molecule has 1 aromatic rings. The van der Waals surface area contributed by atoms with Crippen molar-refractivity contribution in [3.05, 3.63) is 12.3 Å². The van der Waals surface area contributed by atoms with Crippen LogP contribution in [-0.2, 0) is 0 Å². The van der Waals surface area contributed by atoms with Crippen molar-refractivity contribution in [2.24, 2.45) is 0 Å². The first-order valence-electron chi connectivity index (χ1n) is 5.10. The molecule has 3 nitrogen and oxygen atoms in total. The van der Waals surface area contributed by atoms with E-state index in [-0.39, 0.29) is 0 Å². The van der Waals surface area contributed by atoms with E-state index in [0.29, 0.717) is 5.95 Å². The van der Waals surface area contributed by atoms with Crippen LogP contribution >= 0.6 is 11.8 Å². The Balaban J connectivity index is 1.95. The third-order valence-corrected chi connectivity index (χ3v) is 3.76. The number of hydrogen-bond donors (Lipinski definition) is 1. The Kier molecular flexibility index (Phi) is 3.24. The van der Waals surface area contributed by atoms with E-state index >= 15 is 0 Å². The topological polar surface area (TPSA) is 51.8 Å². The van der Waals surface area contributed by atoms with E-state index < -0.39 is 0 Å². The van der Waals surface area contributed by atoms with Crippen molar-refractivity contribution in [1.82, 2.24) is 9.97 Å². The molecular formula is C10H15N3S. The molecule has 0 atom stereocenters. The van der Waals surface area contributed by atoms with Gasteiger partial charge in [0.15, 0.2) is 0 Å². The van der Waals surface area contributed by atoms with Crippen LogP contribution in [0.5, 0.6) is 0 Å². The summed E-state index contributed by atoms with van der Waals surface area (Å²) in [7, 11) is 0. The summed E-state index contributed by atoms with van der Waals surface area (Å²) in [6.07, 6.45) is 8.47. The van der Waals surface area contributed by atoms with Crippen LogP contribution in [-0.4, -0.2) is 15.2 Å². The smallest absolute Gasteiger partial charge is 0.221 e. The first-order chi connectivity index (χ1) is 6.84. The zero-order valence-electron chi connectivity index (χ0n) is 8.15. The monoisotopic (exact) mass is 209 g/mol. The van der Waals surface area contributed by atoms with E-state index in [9.17, 15) is 0 Å². The number of aromatic nitrogens is 2. The molecule has 0 spiro atoms. The first kappa shape index (κ1) is 9.77. The molecule has 0 saturated heterocycles. The molecule has 0 aliphatic heterocycles. The Morgan fingerprint density at radius 2 is 2.07 bits per heavy atom. The summed E-state index contributed by atoms with van der Waals surface area (Å²) in [6, 6.07) is 1.94. The fraction of sp³-hybridized carbons (Fsp3) is 0.600. The molecule has 1 aliphatic rings. The van der Waals surface area contributed by atoms with Crippen molar-refractivity contribution >= 4 is 17.7 Å². The fourth-order valence-corrected chi connectivity index (χ4v) is 2.97. The molecule has 1 heterocycles. The number of anilines is 1. The molecule has 0 radical (unpaired) electrons. The maximum absolute atomic E-state index is 5.53. The molecule has 4 heteroatoms. The third kappa shape index (κ3) is 2.61. The minimum Gasteiger partial charge on any atom is -0.368 e. The summed E-state index contributed by atoms with van der Waals surface area (Å²) < 4.78 is 0. The van der Waals surface area contributed by atoms with E-state index in [4.69, 9.17) is 5.73 Å². The van der Waals surface area contributed by atoms with E-state index in [1.807, 2.05) is 17.8 Å². The number of thioether (sulfide) groups is 1. The highest BCUT2D eigenvalue weighted by molar-refractivity contribution is 7.99. The van der Waals surface area contributed by atoms with Crippen LogP contribution in [0.15, 0.2) is 17.3 Å². The zero-order valence-corrected chi connectivity index (χ0v) is 8.96. The van der Waals surface area contributed by atoms with Crippen LogP contribution in [0, 0.1) is 0 Å². The zero-order chi connectivity index (χ0) is 9.80. The summed E-state index contributed by atoms with van der Waals surface area (Å²) in [5.41, 5.74) is 5.53. The quantitative estimate of drug-likeness (QED) is 0.760. The van der Waals surface area contributed by atoms with Gasteiger partial charge in [-0.1, -0.05) is 19.3 Å². The lowest BCUT2D eigenvalue weighted by atomic mass is 10.0. The summed E-state index contributed by atoms with van der Waals surface area (Å²) in [6.45, 7) is 0. The van der Waals surface area contributed by atoms with Crippen LogP contribution in [0.1, 0.15) is 32.1 Å². The summed E-state index contributed by atoms with van der Waals surface area (Å²) in [5, 5.41) is 1.75. The second-order valence-corrected chi connectivity index (χ2v) is 4.95. The Morgan fingerprint density at radius 1 is 1.29 bits per heavy atom. The maximum atomic E-state index is 5.53. The molecule has 1 aromatic heterocycles. The van der Waals surface area contributed by atoms with Crippen molar-refractivity contribution in [1.29, 1.82) is 0 Å². The molecule has 2 rings (SSSR count). The summed E-state index contributed by atoms with van der Waals surface area (Å²) in [4.78, 5) is 8.08. The van der Waals surface area contributed by atoms with Gasteiger partial charge in [-0.3, -0.25) is 0 Å². The van der Waals surface area contributed by atoms with Gasteiger partial charge in [0.25, 0.3) is 0 Å². The molecule has 0 aromatic carbocycles. The largest absolute Gasteiger partial charge is 0.368 e. The molecule has 14 heavy (non-hydrogen) atoms. The van der Waals surface area contributed by atoms with Gasteiger partial charge in [0.1, 0.15) is 5.03 Å². The van der Waals surface area contributed by atoms with Crippen LogP contribution in [0.25, 0.3) is 0 Å². The molecule has 0 amide bonds. The Labute approximate surface area is 88.5 Å². The van der Waals surface area contributed by atoms with E-state index in [1.165, 1.54) is 32.1 Å². The number of rotatable bonds is 2. The van der Waals surface area contributed by atoms with Gasteiger partial charge in [-0.2, -0.15) is 0 Å². The van der Waals surface area contributed by atoms with Crippen molar-refractivity contribution in [2.75, 3.05) is 5.73 Å². The maximum Gasteiger partial charge on any atom is 0.221 e. The second kappa shape index (κ2) is 4.64. The van der Waals surface area contributed by atoms with Gasteiger partial charge in [-0.25, -0.2) is 9.97 Å². The van der Waals surface area contributed by atoms with Crippen LogP contribution in [0.2, 0.25) is 0 Å². The van der Waals surface area contributed by atoms with Gasteiger partial charge >= 0.3 is 0 Å². The van der Waals surface area contributed by atoms with Crippen LogP contribution in [0.4, 0.5) is 5.95 Å². The van der Waals surface area contributed by atoms with Gasteiger partial charge in [-0.05, 0) is 18.9 Å². The van der Waals surface area contributed by atoms with Crippen molar-refractivity contribution < 1.29 is 0 Å². The molecule has 0 bridgehead atoms. The minimum absolute atomic E-state index is 0.380. The number of nitrogens with two attached hydrogens (primary N) is 1. The number of nitrogens with zero attached hydrogens (tertiary/aromatic N) is 2. The Hall–Kier alpha value is -0.770. The van der Waals surface area contributed by atoms with Gasteiger partial charge in [-0.15, -0.1) is 11.8 Å². The Morgan fingerprint density at radius 3 is 2.79 bits per heavy atom. The highest BCUT2D eigenvalue weighted by atomic mass is 32.2. The number of hydrogen-bond acceptors (Lipinski definition) is 4. The predicted molar refractivity (Wildman–Crippen MR) is 59.2 cm³/mol. The van der Waals surface area contributed by atoms with Crippen LogP contribution in [0.3, 0.4) is 0 Å². The minimum atomic E-state index is 0.380. The molecule has 76 valence electrons. The first-order valence-corrected chi connectivity index (χ1v) is 5.98. The predicted octanol–water partition coefficient (Wildman–Crippen LogP) is 2.48. The lowest BCUT2D eigenvalue weighted by molar-refractivity contribution is 0.515. The van der Waals surface area contributed by atoms with Crippen LogP contribution < -0.4 is 5.73 Å². The molecule has 2 N–H and O–H groups in total. The molecular weight excluding hydrogens is 194 g/mol. The van der Waals surface area contributed by atoms with Crippen molar-refractivity contribution in [3.8, 4) is 0 Å². The summed E-state index contributed by atoms with van der Waals surface area (Å²) in [5.74, 6) is 0.380. The second-order valence-electron chi connectivity index (χ2n) is 3.63. The molecule has 0 unspecified atom stereocenters. The molecule has 1 aliphatic carbocycles. The van der Waals surface area contributed by atoms with Gasteiger partial charge in [0.05, 0.1) is 0 Å². The summed E-state index contributed by atoms with van der Waals surface area (Å²) >= 11 is 1.85. The fourth-order valence-electron chi connectivity index (χ4n) is 1.78. The van der Waals surface area contributed by atoms with E-state index in [2.05, 4.69) is 9.97 Å². The third-order valence-electron chi connectivity index (χ3n) is 2.49. The lowest BCUT2D eigenvalue weighted by Crippen LogP contribution is -2.08. The number of nitrogen functional groups attached to an aromatic ring is 1. The van der Waals surface area contributed by atoms with Gasteiger partial charge in [0, 0.05) is 11.4 Å². The van der Waals surface area contributed by atoms with Crippen molar-refractivity contribution in [3.63, 3.8) is 0 Å².